The van der Waals surface area contributed by atoms with Crippen molar-refractivity contribution in [1.82, 2.24) is 10.3 Å². The van der Waals surface area contributed by atoms with E-state index < -0.39 is 0 Å². The molecule has 2 aromatic carbocycles. The number of methoxy groups -OCH3 is 2. The molecule has 1 N–H and O–H groups in total. The van der Waals surface area contributed by atoms with Crippen molar-refractivity contribution in [2.24, 2.45) is 0 Å². The highest BCUT2D eigenvalue weighted by atomic mass is 16.5. The van der Waals surface area contributed by atoms with Crippen molar-refractivity contribution in [3.8, 4) is 22.8 Å². The summed E-state index contributed by atoms with van der Waals surface area (Å²) in [5, 5.41) is 2.90. The van der Waals surface area contributed by atoms with Crippen LogP contribution in [0.1, 0.15) is 23.4 Å². The van der Waals surface area contributed by atoms with Gasteiger partial charge in [0, 0.05) is 24.9 Å². The summed E-state index contributed by atoms with van der Waals surface area (Å²) in [4.78, 5) is 16.4. The fraction of sp³-hybridized carbons (Fsp3) is 0.273. The lowest BCUT2D eigenvalue weighted by Crippen LogP contribution is -2.23. The molecule has 0 aliphatic carbocycles. The summed E-state index contributed by atoms with van der Waals surface area (Å²) in [6.45, 7) is 2.45. The number of aromatic nitrogens is 1. The molecule has 0 atom stereocenters. The van der Waals surface area contributed by atoms with Crippen LogP contribution >= 0.6 is 0 Å². The second-order valence-electron chi connectivity index (χ2n) is 6.45. The summed E-state index contributed by atoms with van der Waals surface area (Å²) >= 11 is 0. The number of ether oxygens (including phenoxy) is 2. The number of benzene rings is 2. The average Bonchev–Trinajstić information content (AvgIpc) is 3.20. The molecule has 3 aromatic rings. The lowest BCUT2D eigenvalue weighted by molar-refractivity contribution is -0.121. The minimum atomic E-state index is -0.0649. The van der Waals surface area contributed by atoms with Crippen LogP contribution in [0, 0.1) is 6.92 Å². The smallest absolute Gasteiger partial charge is 0.220 e. The molecule has 0 fully saturated rings. The monoisotopic (exact) mass is 380 g/mol. The van der Waals surface area contributed by atoms with E-state index in [0.717, 1.165) is 11.1 Å². The van der Waals surface area contributed by atoms with Crippen molar-refractivity contribution in [2.45, 2.75) is 26.3 Å². The van der Waals surface area contributed by atoms with Gasteiger partial charge in [0.05, 0.1) is 20.4 Å². The molecule has 0 saturated carbocycles. The van der Waals surface area contributed by atoms with Crippen LogP contribution in [0.4, 0.5) is 0 Å². The fourth-order valence-corrected chi connectivity index (χ4v) is 2.78. The number of nitrogens with zero attached hydrogens (tertiary/aromatic N) is 1. The first-order chi connectivity index (χ1) is 13.6. The zero-order valence-corrected chi connectivity index (χ0v) is 16.3. The topological polar surface area (TPSA) is 73.6 Å². The minimum absolute atomic E-state index is 0.0649. The molecule has 0 spiro atoms. The normalized spacial score (nSPS) is 10.5. The molecular formula is C22H24N2O4. The Balaban J connectivity index is 1.50. The van der Waals surface area contributed by atoms with Gasteiger partial charge in [-0.05, 0) is 24.6 Å². The van der Waals surface area contributed by atoms with Crippen LogP contribution in [0.2, 0.25) is 0 Å². The Labute approximate surface area is 164 Å². The summed E-state index contributed by atoms with van der Waals surface area (Å²) in [6.07, 6.45) is 2.45. The van der Waals surface area contributed by atoms with Gasteiger partial charge in [-0.2, -0.15) is 0 Å². The van der Waals surface area contributed by atoms with Gasteiger partial charge in [0.1, 0.15) is 0 Å². The van der Waals surface area contributed by atoms with Gasteiger partial charge in [-0.1, -0.05) is 35.9 Å². The maximum Gasteiger partial charge on any atom is 0.220 e. The van der Waals surface area contributed by atoms with E-state index in [2.05, 4.69) is 10.3 Å². The summed E-state index contributed by atoms with van der Waals surface area (Å²) in [5.41, 5.74) is 3.10. The number of hydrogen-bond donors (Lipinski definition) is 1. The zero-order valence-electron chi connectivity index (χ0n) is 16.3. The number of rotatable bonds is 8. The van der Waals surface area contributed by atoms with Crippen molar-refractivity contribution in [3.63, 3.8) is 0 Å². The summed E-state index contributed by atoms with van der Waals surface area (Å²) < 4.78 is 16.2. The van der Waals surface area contributed by atoms with Crippen molar-refractivity contribution >= 4 is 5.91 Å². The van der Waals surface area contributed by atoms with Crippen molar-refractivity contribution in [3.05, 3.63) is 65.7 Å². The molecule has 0 unspecified atom stereocenters. The average molecular weight is 380 g/mol. The van der Waals surface area contributed by atoms with Crippen LogP contribution in [0.5, 0.6) is 11.5 Å². The molecule has 146 valence electrons. The Morgan fingerprint density at radius 1 is 1.07 bits per heavy atom. The van der Waals surface area contributed by atoms with E-state index in [4.69, 9.17) is 13.9 Å². The first-order valence-corrected chi connectivity index (χ1v) is 9.08. The van der Waals surface area contributed by atoms with E-state index in [1.165, 1.54) is 5.56 Å². The van der Waals surface area contributed by atoms with Gasteiger partial charge in [-0.25, -0.2) is 4.98 Å². The highest BCUT2D eigenvalue weighted by Crippen LogP contribution is 2.27. The summed E-state index contributed by atoms with van der Waals surface area (Å²) in [6, 6.07) is 13.6. The van der Waals surface area contributed by atoms with E-state index in [1.54, 1.807) is 20.4 Å². The van der Waals surface area contributed by atoms with Crippen molar-refractivity contribution in [2.75, 3.05) is 14.2 Å². The van der Waals surface area contributed by atoms with Crippen LogP contribution in [0.25, 0.3) is 11.3 Å². The van der Waals surface area contributed by atoms with E-state index in [-0.39, 0.29) is 5.91 Å². The first-order valence-electron chi connectivity index (χ1n) is 9.08. The van der Waals surface area contributed by atoms with E-state index in [1.807, 2.05) is 49.4 Å². The molecule has 1 amide bonds. The molecule has 28 heavy (non-hydrogen) atoms. The molecule has 0 saturated heterocycles. The van der Waals surface area contributed by atoms with Gasteiger partial charge in [0.25, 0.3) is 0 Å². The molecule has 0 aliphatic rings. The lowest BCUT2D eigenvalue weighted by atomic mass is 10.1. The van der Waals surface area contributed by atoms with E-state index >= 15 is 0 Å². The van der Waals surface area contributed by atoms with Gasteiger partial charge >= 0.3 is 0 Å². The lowest BCUT2D eigenvalue weighted by Gasteiger charge is -2.10. The van der Waals surface area contributed by atoms with Crippen molar-refractivity contribution in [1.29, 1.82) is 0 Å². The Morgan fingerprint density at radius 3 is 2.54 bits per heavy atom. The van der Waals surface area contributed by atoms with Gasteiger partial charge in [-0.15, -0.1) is 0 Å². The quantitative estimate of drug-likeness (QED) is 0.641. The predicted molar refractivity (Wildman–Crippen MR) is 106 cm³/mol. The van der Waals surface area contributed by atoms with Crippen LogP contribution in [0.15, 0.2) is 53.1 Å². The maximum atomic E-state index is 12.1. The zero-order chi connectivity index (χ0) is 19.9. The van der Waals surface area contributed by atoms with Crippen molar-refractivity contribution < 1.29 is 18.7 Å². The van der Waals surface area contributed by atoms with Gasteiger partial charge in [-0.3, -0.25) is 4.79 Å². The Bertz CT molecular complexity index is 932. The Morgan fingerprint density at radius 2 is 1.82 bits per heavy atom. The van der Waals surface area contributed by atoms with Crippen LogP contribution < -0.4 is 14.8 Å². The third kappa shape index (κ3) is 4.91. The molecule has 3 rings (SSSR count). The standard InChI is InChI=1S/C22H24N2O4/c1-15-4-7-17(8-5-15)20-14-24-22(28-20)11-10-21(25)23-13-16-6-9-18(26-2)19(12-16)27-3/h4-9,12,14H,10-11,13H2,1-3H3,(H,23,25). The predicted octanol–water partition coefficient (Wildman–Crippen LogP) is 3.92. The number of oxazole rings is 1. The van der Waals surface area contributed by atoms with Crippen LogP contribution in [-0.2, 0) is 17.8 Å². The first kappa shape index (κ1) is 19.5. The second kappa shape index (κ2) is 9.08. The third-order valence-corrected chi connectivity index (χ3v) is 4.39. The molecule has 1 aromatic heterocycles. The SMILES string of the molecule is COc1ccc(CNC(=O)CCc2ncc(-c3ccc(C)cc3)o2)cc1OC. The fourth-order valence-electron chi connectivity index (χ4n) is 2.78. The maximum absolute atomic E-state index is 12.1. The highest BCUT2D eigenvalue weighted by Gasteiger charge is 2.10. The molecule has 0 aliphatic heterocycles. The molecule has 0 bridgehead atoms. The second-order valence-corrected chi connectivity index (χ2v) is 6.45. The number of amides is 1. The number of carbonyl (C=O) groups excluding carboxylic acids is 1. The van der Waals surface area contributed by atoms with Gasteiger partial charge < -0.3 is 19.2 Å². The summed E-state index contributed by atoms with van der Waals surface area (Å²) in [7, 11) is 3.17. The molecule has 0 radical (unpaired) electrons. The molecule has 6 nitrogen and oxygen atoms in total. The molecular weight excluding hydrogens is 356 g/mol. The van der Waals surface area contributed by atoms with Crippen LogP contribution in [-0.4, -0.2) is 25.1 Å². The summed E-state index contributed by atoms with van der Waals surface area (Å²) in [5.74, 6) is 2.49. The van der Waals surface area contributed by atoms with Gasteiger partial charge in [0.15, 0.2) is 23.1 Å². The highest BCUT2D eigenvalue weighted by molar-refractivity contribution is 5.76. The number of carbonyl (C=O) groups is 1. The van der Waals surface area contributed by atoms with E-state index in [0.29, 0.717) is 42.5 Å². The van der Waals surface area contributed by atoms with Crippen LogP contribution in [0.3, 0.4) is 0 Å². The number of aryl methyl sites for hydroxylation is 2. The van der Waals surface area contributed by atoms with Gasteiger partial charge in [0.2, 0.25) is 5.91 Å². The number of nitrogens with one attached hydrogen (secondary N) is 1. The Kier molecular flexibility index (Phi) is 6.32. The number of hydrogen-bond acceptors (Lipinski definition) is 5. The molecule has 6 heteroatoms. The minimum Gasteiger partial charge on any atom is -0.493 e. The van der Waals surface area contributed by atoms with E-state index in [9.17, 15) is 4.79 Å². The third-order valence-electron chi connectivity index (χ3n) is 4.39. The largest absolute Gasteiger partial charge is 0.493 e. The molecule has 1 heterocycles. The Hall–Kier alpha value is -3.28.